The van der Waals surface area contributed by atoms with Crippen molar-refractivity contribution in [2.75, 3.05) is 23.2 Å². The maximum atomic E-state index is 11.5. The molecule has 5 heterocycles. The average Bonchev–Trinajstić information content (AvgIpc) is 3.02. The maximum Gasteiger partial charge on any atom is 0.231 e. The summed E-state index contributed by atoms with van der Waals surface area (Å²) in [4.78, 5) is 30.0. The molecule has 0 radical (unpaired) electrons. The normalized spacial score (nSPS) is 27.8. The van der Waals surface area contributed by atoms with Crippen molar-refractivity contribution < 1.29 is 15.3 Å². The van der Waals surface area contributed by atoms with Crippen LogP contribution < -0.4 is 9.80 Å². The topological polar surface area (TPSA) is 110 Å². The smallest absolute Gasteiger partial charge is 0.231 e. The summed E-state index contributed by atoms with van der Waals surface area (Å²) in [7, 11) is 1.79. The highest BCUT2D eigenvalue weighted by Gasteiger charge is 2.56. The van der Waals surface area contributed by atoms with Crippen molar-refractivity contribution in [3.63, 3.8) is 0 Å². The fourth-order valence-electron chi connectivity index (χ4n) is 12.5. The van der Waals surface area contributed by atoms with Crippen LogP contribution in [0.25, 0.3) is 0 Å². The Balaban J connectivity index is 1.75. The van der Waals surface area contributed by atoms with Gasteiger partial charge in [0.05, 0.1) is 18.2 Å². The Bertz CT molecular complexity index is 1600. The lowest BCUT2D eigenvalue weighted by Gasteiger charge is -2.59. The highest BCUT2D eigenvalue weighted by Crippen LogP contribution is 2.49. The minimum absolute atomic E-state index is 0.0544. The van der Waals surface area contributed by atoms with E-state index in [1.165, 1.54) is 0 Å². The number of hydroxylamine groups is 6. The molecule has 3 N–H and O–H groups in total. The molecule has 0 aliphatic carbocycles. The number of aromatic nitrogens is 3. The van der Waals surface area contributed by atoms with E-state index in [0.29, 0.717) is 11.1 Å². The first kappa shape index (κ1) is 46.1. The van der Waals surface area contributed by atoms with Crippen molar-refractivity contribution in [3.05, 3.63) is 18.5 Å². The fraction of sp³-hybridized carbons (Fsp3) is 0.864. The van der Waals surface area contributed by atoms with Crippen molar-refractivity contribution in [1.29, 1.82) is 0 Å². The molecule has 0 bridgehead atoms. The number of anilines is 2. The summed E-state index contributed by atoms with van der Waals surface area (Å²) in [5, 5.41) is 27.0. The van der Waals surface area contributed by atoms with E-state index in [-0.39, 0.29) is 57.4 Å². The molecule has 4 saturated heterocycles. The lowest BCUT2D eigenvalue weighted by atomic mass is 9.74. The van der Waals surface area contributed by atoms with Crippen LogP contribution in [0.15, 0.2) is 23.7 Å². The first-order valence-corrected chi connectivity index (χ1v) is 22.5. The van der Waals surface area contributed by atoms with Crippen LogP contribution in [-0.4, -0.2) is 127 Å². The van der Waals surface area contributed by atoms with Crippen molar-refractivity contribution in [3.8, 4) is 0 Å². The second kappa shape index (κ2) is 15.2. The highest BCUT2D eigenvalue weighted by molar-refractivity contribution is 7.98. The number of likely N-dealkylation sites (tertiary alicyclic amines) is 1. The number of hydrogen-bond donors (Lipinski definition) is 1. The summed E-state index contributed by atoms with van der Waals surface area (Å²) in [6.07, 6.45) is 10.7. The zero-order chi connectivity index (χ0) is 43.1. The second-order valence-corrected chi connectivity index (χ2v) is 23.6. The van der Waals surface area contributed by atoms with E-state index >= 15 is 0 Å². The molecule has 1 aromatic heterocycles. The molecule has 324 valence electrons. The number of nitrogens with zero attached hydrogens (tertiary/aromatic N) is 9. The molecule has 1 aromatic rings. The van der Waals surface area contributed by atoms with Crippen LogP contribution in [0.5, 0.6) is 0 Å². The molecule has 4 aliphatic rings. The summed E-state index contributed by atoms with van der Waals surface area (Å²) in [6.45, 7) is 39.8. The monoisotopic (exact) mass is 815 g/mol. The fourth-order valence-corrected chi connectivity index (χ4v) is 12.9. The summed E-state index contributed by atoms with van der Waals surface area (Å²) in [5.74, 6) is 1.43. The van der Waals surface area contributed by atoms with Gasteiger partial charge in [-0.3, -0.25) is 0 Å². The zero-order valence-corrected chi connectivity index (χ0v) is 39.9. The van der Waals surface area contributed by atoms with Gasteiger partial charge in [0.25, 0.3) is 0 Å². The molecule has 57 heavy (non-hydrogen) atoms. The van der Waals surface area contributed by atoms with Gasteiger partial charge in [0, 0.05) is 63.6 Å². The molecule has 13 heteroatoms. The van der Waals surface area contributed by atoms with E-state index in [9.17, 15) is 10.4 Å². The van der Waals surface area contributed by atoms with E-state index in [1.54, 1.807) is 23.9 Å². The number of piperidine rings is 4. The molecule has 0 saturated carbocycles. The lowest BCUT2D eigenvalue weighted by Crippen LogP contribution is -2.68. The van der Waals surface area contributed by atoms with Crippen LogP contribution in [-0.2, 0) is 4.84 Å². The van der Waals surface area contributed by atoms with Crippen LogP contribution in [0.1, 0.15) is 162 Å². The predicted molar refractivity (Wildman–Crippen MR) is 235 cm³/mol. The second-order valence-electron chi connectivity index (χ2n) is 22.8. The Kier molecular flexibility index (Phi) is 12.3. The highest BCUT2D eigenvalue weighted by atomic mass is 32.2. The van der Waals surface area contributed by atoms with E-state index in [4.69, 9.17) is 19.8 Å². The van der Waals surface area contributed by atoms with Gasteiger partial charge < -0.3 is 30.0 Å². The molecule has 0 amide bonds. The van der Waals surface area contributed by atoms with Crippen LogP contribution in [0.4, 0.5) is 11.9 Å². The van der Waals surface area contributed by atoms with Crippen LogP contribution in [0.3, 0.4) is 0 Å². The van der Waals surface area contributed by atoms with Gasteiger partial charge in [-0.1, -0.05) is 23.4 Å². The average molecular weight is 815 g/mol. The summed E-state index contributed by atoms with van der Waals surface area (Å²) < 4.78 is 0. The Hall–Kier alpha value is -1.96. The van der Waals surface area contributed by atoms with Gasteiger partial charge in [-0.15, -0.1) is 5.73 Å². The summed E-state index contributed by atoms with van der Waals surface area (Å²) in [5.41, 5.74) is 0.491. The van der Waals surface area contributed by atoms with Gasteiger partial charge >= 0.3 is 0 Å². The third-order valence-corrected chi connectivity index (χ3v) is 14.4. The van der Waals surface area contributed by atoms with Gasteiger partial charge in [0.1, 0.15) is 0 Å². The largest absolute Gasteiger partial charge is 0.361 e. The summed E-state index contributed by atoms with van der Waals surface area (Å²) in [6, 6.07) is 0.359. The first-order chi connectivity index (χ1) is 25.9. The van der Waals surface area contributed by atoms with Crippen LogP contribution in [0.2, 0.25) is 0 Å². The van der Waals surface area contributed by atoms with Crippen molar-refractivity contribution in [1.82, 2.24) is 35.0 Å². The number of hydrogen-bond acceptors (Lipinski definition) is 12. The lowest BCUT2D eigenvalue weighted by molar-refractivity contribution is -0.267. The third-order valence-electron chi connectivity index (χ3n) is 13.9. The Morgan fingerprint density at radius 2 is 0.965 bits per heavy atom. The number of thioether (sulfide) groups is 1. The Morgan fingerprint density at radius 3 is 1.30 bits per heavy atom. The van der Waals surface area contributed by atoms with E-state index < -0.39 is 11.1 Å². The molecular weight excluding hydrogens is 735 g/mol. The van der Waals surface area contributed by atoms with Gasteiger partial charge in [-0.25, -0.2) is 0 Å². The molecule has 5 rings (SSSR count). The summed E-state index contributed by atoms with van der Waals surface area (Å²) >= 11 is 1.57. The molecular formula is C44H80N9O3S+. The quantitative estimate of drug-likeness (QED) is 0.148. The standard InChI is InChI=1S/C44H79N9O3S/c1-20-21-48-37(2,3)22-30(23-38(48,4)5)49(31-24-39(6,7)51(54)40(8,9)25-31)34-45-35(47-36(46-34)57-19)50(32-26-41(10,11)52(55)42(12,13)27-32)33-28-43(14,15)53(56-18)44(16,17)29-33/h21,30-33,54-55H,1,22-29H2,2-19H3/p+1. The predicted octanol–water partition coefficient (Wildman–Crippen LogP) is 8.18. The molecule has 0 unspecified atom stereocenters. The molecule has 4 aliphatic heterocycles. The van der Waals surface area contributed by atoms with Gasteiger partial charge in [0.15, 0.2) is 5.16 Å². The molecule has 0 atom stereocenters. The first-order valence-electron chi connectivity index (χ1n) is 21.2. The zero-order valence-electron chi connectivity index (χ0n) is 39.0. The SMILES string of the molecule is C=C=CN1C(C)(C)CC(N(c2nc(SC)nc(N(C3CC(C)(C)N(O)C(C)(C)C3)C3CC(C)(C)N(OC)C(C)(C)C3)n2)C2CC(C)(C)N([OH2+])C(C)(C)C2)CC1(C)C. The Morgan fingerprint density at radius 1 is 0.632 bits per heavy atom. The van der Waals surface area contributed by atoms with Gasteiger partial charge in [0.2, 0.25) is 11.9 Å². The van der Waals surface area contributed by atoms with Gasteiger partial charge in [-0.05, 0) is 168 Å². The third kappa shape index (κ3) is 8.79. The van der Waals surface area contributed by atoms with Crippen molar-refractivity contribution >= 4 is 23.7 Å². The molecule has 12 nitrogen and oxygen atoms in total. The van der Waals surface area contributed by atoms with Gasteiger partial charge in [-0.2, -0.15) is 25.1 Å². The van der Waals surface area contributed by atoms with Crippen molar-refractivity contribution in [2.45, 2.75) is 236 Å². The minimum Gasteiger partial charge on any atom is -0.361 e. The molecule has 0 spiro atoms. The molecule has 0 aromatic carbocycles. The van der Waals surface area contributed by atoms with Crippen LogP contribution >= 0.6 is 11.8 Å². The number of rotatable bonds is 9. The minimum atomic E-state index is -0.473. The molecule has 4 fully saturated rings. The maximum absolute atomic E-state index is 11.5. The van der Waals surface area contributed by atoms with E-state index in [2.05, 4.69) is 149 Å². The van der Waals surface area contributed by atoms with Crippen LogP contribution in [0, 0.1) is 0 Å². The van der Waals surface area contributed by atoms with Crippen molar-refractivity contribution in [2.24, 2.45) is 0 Å². The van der Waals surface area contributed by atoms with E-state index in [1.807, 2.05) is 11.3 Å². The Labute approximate surface area is 350 Å². The van der Waals surface area contributed by atoms with E-state index in [0.717, 1.165) is 57.3 Å².